The summed E-state index contributed by atoms with van der Waals surface area (Å²) in [6, 6.07) is -0.719. The maximum Gasteiger partial charge on any atom is 0.158 e. The summed E-state index contributed by atoms with van der Waals surface area (Å²) in [6.07, 6.45) is -1.16. The van der Waals surface area contributed by atoms with Gasteiger partial charge in [0.2, 0.25) is 0 Å². The Morgan fingerprint density at radius 3 is 2.53 bits per heavy atom. The molecule has 7 nitrogen and oxygen atoms in total. The van der Waals surface area contributed by atoms with Gasteiger partial charge in [0, 0.05) is 6.61 Å². The van der Waals surface area contributed by atoms with Crippen molar-refractivity contribution in [2.45, 2.75) is 62.1 Å². The molecule has 0 aromatic carbocycles. The van der Waals surface area contributed by atoms with E-state index in [-0.39, 0.29) is 13.1 Å². The van der Waals surface area contributed by atoms with Crippen LogP contribution >= 0.6 is 0 Å². The predicted octanol–water partition coefficient (Wildman–Crippen LogP) is -1.30. The third-order valence-electron chi connectivity index (χ3n) is 4.08. The molecule has 4 N–H and O–H groups in total. The van der Waals surface area contributed by atoms with E-state index >= 15 is 0 Å². The van der Waals surface area contributed by atoms with Gasteiger partial charge in [-0.2, -0.15) is 0 Å². The van der Waals surface area contributed by atoms with Crippen molar-refractivity contribution in [3.63, 3.8) is 0 Å². The molecule has 7 atom stereocenters. The summed E-state index contributed by atoms with van der Waals surface area (Å²) in [5.74, 6) is 0. The molecular weight excluding hydrogens is 254 g/mol. The van der Waals surface area contributed by atoms with Gasteiger partial charge in [0.25, 0.3) is 0 Å². The van der Waals surface area contributed by atoms with Gasteiger partial charge < -0.3 is 34.9 Å². The van der Waals surface area contributed by atoms with E-state index in [4.69, 9.17) is 24.7 Å². The first-order valence-corrected chi connectivity index (χ1v) is 6.80. The molecular formula is C12H21NO6. The fourth-order valence-corrected chi connectivity index (χ4v) is 2.96. The lowest BCUT2D eigenvalue weighted by Crippen LogP contribution is -2.66. The van der Waals surface area contributed by atoms with Crippen LogP contribution in [0.2, 0.25) is 0 Å². The van der Waals surface area contributed by atoms with Crippen molar-refractivity contribution in [3.05, 3.63) is 0 Å². The van der Waals surface area contributed by atoms with Crippen LogP contribution in [0.1, 0.15) is 19.3 Å². The minimum Gasteiger partial charge on any atom is -0.389 e. The largest absolute Gasteiger partial charge is 0.389 e. The van der Waals surface area contributed by atoms with E-state index in [9.17, 15) is 10.2 Å². The molecule has 0 aromatic rings. The Balaban J connectivity index is 1.70. The van der Waals surface area contributed by atoms with Gasteiger partial charge in [-0.25, -0.2) is 0 Å². The van der Waals surface area contributed by atoms with Gasteiger partial charge >= 0.3 is 0 Å². The highest BCUT2D eigenvalue weighted by molar-refractivity contribution is 5.04. The first kappa shape index (κ1) is 13.7. The average Bonchev–Trinajstić information content (AvgIpc) is 2.92. The zero-order valence-corrected chi connectivity index (χ0v) is 10.7. The third kappa shape index (κ3) is 2.52. The molecule has 3 rings (SSSR count). The highest BCUT2D eigenvalue weighted by atomic mass is 16.7. The number of aliphatic hydroxyl groups excluding tert-OH is 2. The van der Waals surface area contributed by atoms with Crippen molar-refractivity contribution in [2.24, 2.45) is 5.73 Å². The van der Waals surface area contributed by atoms with E-state index in [2.05, 4.69) is 0 Å². The van der Waals surface area contributed by atoms with Crippen molar-refractivity contribution in [3.8, 4) is 0 Å². The highest BCUT2D eigenvalue weighted by Gasteiger charge is 2.53. The second-order valence-corrected chi connectivity index (χ2v) is 5.34. The summed E-state index contributed by atoms with van der Waals surface area (Å²) in [5.41, 5.74) is 5.96. The molecule has 110 valence electrons. The van der Waals surface area contributed by atoms with Crippen molar-refractivity contribution >= 4 is 0 Å². The molecule has 1 unspecified atom stereocenters. The van der Waals surface area contributed by atoms with Gasteiger partial charge in [-0.1, -0.05) is 0 Å². The Kier molecular flexibility index (Phi) is 4.04. The van der Waals surface area contributed by atoms with E-state index in [1.165, 1.54) is 0 Å². The van der Waals surface area contributed by atoms with E-state index < -0.39 is 36.6 Å². The van der Waals surface area contributed by atoms with Crippen molar-refractivity contribution in [2.75, 3.05) is 13.4 Å². The van der Waals surface area contributed by atoms with Crippen molar-refractivity contribution < 1.29 is 29.2 Å². The number of rotatable bonds is 2. The molecule has 2 saturated heterocycles. The number of hydrogen-bond acceptors (Lipinski definition) is 7. The quantitative estimate of drug-likeness (QED) is 0.575. The molecule has 19 heavy (non-hydrogen) atoms. The minimum atomic E-state index is -1.09. The van der Waals surface area contributed by atoms with Crippen LogP contribution in [0.15, 0.2) is 0 Å². The van der Waals surface area contributed by atoms with Crippen LogP contribution in [0.5, 0.6) is 0 Å². The Labute approximate surface area is 111 Å². The molecule has 3 aliphatic rings. The summed E-state index contributed by atoms with van der Waals surface area (Å²) in [6.45, 7) is 0.750. The van der Waals surface area contributed by atoms with Gasteiger partial charge in [0.15, 0.2) is 6.29 Å². The molecule has 3 fully saturated rings. The fourth-order valence-electron chi connectivity index (χ4n) is 2.96. The normalized spacial score (nSPS) is 51.0. The summed E-state index contributed by atoms with van der Waals surface area (Å²) in [7, 11) is 0. The number of hydrogen-bond donors (Lipinski definition) is 3. The van der Waals surface area contributed by atoms with Gasteiger partial charge in [0.1, 0.15) is 37.3 Å². The molecule has 1 aliphatic carbocycles. The Morgan fingerprint density at radius 2 is 1.79 bits per heavy atom. The summed E-state index contributed by atoms with van der Waals surface area (Å²) in [5, 5.41) is 19.9. The number of ether oxygens (including phenoxy) is 4. The summed E-state index contributed by atoms with van der Waals surface area (Å²) >= 11 is 0. The van der Waals surface area contributed by atoms with Crippen LogP contribution in [-0.2, 0) is 18.9 Å². The van der Waals surface area contributed by atoms with E-state index in [1.807, 2.05) is 0 Å². The first-order chi connectivity index (χ1) is 9.18. The lowest BCUT2D eigenvalue weighted by atomic mass is 9.83. The summed E-state index contributed by atoms with van der Waals surface area (Å²) < 4.78 is 22.1. The number of fused-ring (bicyclic) bond motifs is 1. The van der Waals surface area contributed by atoms with Crippen molar-refractivity contribution in [1.82, 2.24) is 0 Å². The molecule has 0 aromatic heterocycles. The Morgan fingerprint density at radius 1 is 1.00 bits per heavy atom. The van der Waals surface area contributed by atoms with E-state index in [0.29, 0.717) is 6.61 Å². The second-order valence-electron chi connectivity index (χ2n) is 5.34. The highest BCUT2D eigenvalue weighted by Crippen LogP contribution is 2.32. The molecule has 0 spiro atoms. The first-order valence-electron chi connectivity index (χ1n) is 6.80. The van der Waals surface area contributed by atoms with Gasteiger partial charge in [0.05, 0.1) is 6.04 Å². The molecule has 0 bridgehead atoms. The van der Waals surface area contributed by atoms with Gasteiger partial charge in [-0.15, -0.1) is 0 Å². The SMILES string of the molecule is N[C@@H]1[C@H](O)[C@@H](O)[C@H]2OCO[C@H]2[C@@H]1OC1CCCCO1. The lowest BCUT2D eigenvalue weighted by Gasteiger charge is -2.43. The minimum absolute atomic E-state index is 0.0806. The standard InChI is InChI=1S/C12H21NO6/c13-7-8(14)9(15)11-12(18-5-17-11)10(7)19-6-3-1-2-4-16-6/h6-12,14-15H,1-5,13H2/t6?,7-,8+,9-,10-,11-,12+/m1/s1. The molecule has 2 aliphatic heterocycles. The van der Waals surface area contributed by atoms with Crippen molar-refractivity contribution in [1.29, 1.82) is 0 Å². The lowest BCUT2D eigenvalue weighted by molar-refractivity contribution is -0.238. The van der Waals surface area contributed by atoms with Crippen LogP contribution in [0.4, 0.5) is 0 Å². The van der Waals surface area contributed by atoms with Crippen LogP contribution in [-0.4, -0.2) is 66.5 Å². The van der Waals surface area contributed by atoms with Gasteiger partial charge in [-0.05, 0) is 19.3 Å². The maximum atomic E-state index is 9.96. The molecule has 7 heteroatoms. The number of aliphatic hydroxyl groups is 2. The van der Waals surface area contributed by atoms with Crippen LogP contribution in [0.3, 0.4) is 0 Å². The van der Waals surface area contributed by atoms with Crippen LogP contribution < -0.4 is 5.73 Å². The van der Waals surface area contributed by atoms with Gasteiger partial charge in [-0.3, -0.25) is 0 Å². The fraction of sp³-hybridized carbons (Fsp3) is 1.00. The summed E-state index contributed by atoms with van der Waals surface area (Å²) in [4.78, 5) is 0. The van der Waals surface area contributed by atoms with Crippen LogP contribution in [0.25, 0.3) is 0 Å². The Bertz CT molecular complexity index is 311. The molecule has 0 amide bonds. The van der Waals surface area contributed by atoms with Crippen LogP contribution in [0, 0.1) is 0 Å². The topological polar surface area (TPSA) is 103 Å². The predicted molar refractivity (Wildman–Crippen MR) is 63.1 cm³/mol. The Hall–Kier alpha value is -0.280. The zero-order valence-electron chi connectivity index (χ0n) is 10.7. The zero-order chi connectivity index (χ0) is 13.4. The molecule has 1 saturated carbocycles. The molecule has 0 radical (unpaired) electrons. The second kappa shape index (κ2) is 5.61. The monoisotopic (exact) mass is 275 g/mol. The maximum absolute atomic E-state index is 9.96. The third-order valence-corrected chi connectivity index (χ3v) is 4.08. The smallest absolute Gasteiger partial charge is 0.158 e. The van der Waals surface area contributed by atoms with E-state index in [0.717, 1.165) is 19.3 Å². The van der Waals surface area contributed by atoms with E-state index in [1.54, 1.807) is 0 Å². The number of nitrogens with two attached hydrogens (primary N) is 1. The molecule has 2 heterocycles. The average molecular weight is 275 g/mol.